The number of hydrazine groups is 1. The Kier molecular flexibility index (Phi) is 4.28. The fourth-order valence-corrected chi connectivity index (χ4v) is 2.88. The smallest absolute Gasteiger partial charge is 0.238 e. The lowest BCUT2D eigenvalue weighted by atomic mass is 10.1. The molecule has 8 nitrogen and oxygen atoms in total. The first-order valence-electron chi connectivity index (χ1n) is 8.07. The number of rotatable bonds is 5. The Morgan fingerprint density at radius 1 is 1.28 bits per heavy atom. The number of aromatic nitrogens is 3. The number of nitrogens with zero attached hydrogens (tertiary/aromatic N) is 3. The van der Waals surface area contributed by atoms with Crippen molar-refractivity contribution >= 4 is 5.91 Å². The summed E-state index contributed by atoms with van der Waals surface area (Å²) in [5, 5.41) is 7.15. The Balaban J connectivity index is 1.39. The van der Waals surface area contributed by atoms with Crippen LogP contribution in [0.25, 0.3) is 5.82 Å². The number of carbonyl (C=O) groups is 1. The zero-order chi connectivity index (χ0) is 17.1. The number of nitrogens with one attached hydrogen (secondary N) is 3. The highest BCUT2D eigenvalue weighted by atomic mass is 16.3. The third-order valence-corrected chi connectivity index (χ3v) is 4.15. The summed E-state index contributed by atoms with van der Waals surface area (Å²) in [6.07, 6.45) is 7.48. The Morgan fingerprint density at radius 2 is 2.24 bits per heavy atom. The molecule has 3 aromatic rings. The summed E-state index contributed by atoms with van der Waals surface area (Å²) in [4.78, 5) is 16.8. The van der Waals surface area contributed by atoms with Crippen molar-refractivity contribution in [3.05, 3.63) is 66.5 Å². The van der Waals surface area contributed by atoms with Gasteiger partial charge in [-0.3, -0.25) is 4.79 Å². The van der Waals surface area contributed by atoms with E-state index in [0.29, 0.717) is 18.8 Å². The molecule has 0 saturated carbocycles. The molecule has 0 radical (unpaired) electrons. The molecule has 0 bridgehead atoms. The van der Waals surface area contributed by atoms with Crippen LogP contribution in [0, 0.1) is 0 Å². The molecule has 8 heteroatoms. The number of hydrogen-bond donors (Lipinski definition) is 3. The zero-order valence-electron chi connectivity index (χ0n) is 13.4. The highest BCUT2D eigenvalue weighted by Crippen LogP contribution is 2.22. The van der Waals surface area contributed by atoms with E-state index >= 15 is 0 Å². The van der Waals surface area contributed by atoms with Gasteiger partial charge in [0.25, 0.3) is 0 Å². The predicted molar refractivity (Wildman–Crippen MR) is 89.3 cm³/mol. The van der Waals surface area contributed by atoms with Crippen molar-refractivity contribution in [2.75, 3.05) is 0 Å². The lowest BCUT2D eigenvalue weighted by Crippen LogP contribution is -2.43. The normalized spacial score (nSPS) is 19.8. The fourth-order valence-electron chi connectivity index (χ4n) is 2.88. The molecule has 0 aromatic carbocycles. The minimum atomic E-state index is -0.320. The van der Waals surface area contributed by atoms with Gasteiger partial charge in [-0.2, -0.15) is 5.10 Å². The van der Waals surface area contributed by atoms with Crippen molar-refractivity contribution in [1.29, 1.82) is 0 Å². The van der Waals surface area contributed by atoms with Crippen LogP contribution >= 0.6 is 0 Å². The molecule has 1 aliphatic rings. The van der Waals surface area contributed by atoms with Gasteiger partial charge in [0, 0.05) is 30.7 Å². The second kappa shape index (κ2) is 6.88. The van der Waals surface area contributed by atoms with E-state index in [0.717, 1.165) is 11.3 Å². The quantitative estimate of drug-likeness (QED) is 0.644. The standard InChI is InChI=1S/C17H18N6O2/c24-17(14-10-13(21-22-14)15-5-2-9-25-15)19-11-12-4-1-6-18-16(12)23-8-3-7-20-23/h1-9,13-14,21-22H,10-11H2,(H,19,24). The van der Waals surface area contributed by atoms with Gasteiger partial charge in [-0.25, -0.2) is 20.5 Å². The Hall–Kier alpha value is -2.97. The highest BCUT2D eigenvalue weighted by Gasteiger charge is 2.31. The van der Waals surface area contributed by atoms with Crippen LogP contribution in [0.5, 0.6) is 0 Å². The molecule has 128 valence electrons. The molecule has 1 aliphatic heterocycles. The van der Waals surface area contributed by atoms with E-state index in [4.69, 9.17) is 4.42 Å². The average Bonchev–Trinajstić information content (AvgIpc) is 3.41. The second-order valence-corrected chi connectivity index (χ2v) is 5.80. The Morgan fingerprint density at radius 3 is 3.04 bits per heavy atom. The van der Waals surface area contributed by atoms with E-state index in [1.54, 1.807) is 23.3 Å². The number of amides is 1. The van der Waals surface area contributed by atoms with Gasteiger partial charge in [-0.15, -0.1) is 0 Å². The molecule has 4 heterocycles. The van der Waals surface area contributed by atoms with E-state index in [2.05, 4.69) is 26.3 Å². The molecule has 3 N–H and O–H groups in total. The Bertz CT molecular complexity index is 831. The molecule has 1 amide bonds. The van der Waals surface area contributed by atoms with Crippen molar-refractivity contribution in [2.24, 2.45) is 0 Å². The summed E-state index contributed by atoms with van der Waals surface area (Å²) in [5.74, 6) is 1.45. The van der Waals surface area contributed by atoms with Crippen LogP contribution in [0.15, 0.2) is 59.6 Å². The number of carbonyl (C=O) groups excluding carboxylic acids is 1. The molecule has 4 rings (SSSR count). The first-order chi connectivity index (χ1) is 12.3. The lowest BCUT2D eigenvalue weighted by molar-refractivity contribution is -0.123. The summed E-state index contributed by atoms with van der Waals surface area (Å²) in [7, 11) is 0. The summed E-state index contributed by atoms with van der Waals surface area (Å²) in [6.45, 7) is 0.380. The minimum absolute atomic E-state index is 0.0104. The summed E-state index contributed by atoms with van der Waals surface area (Å²) >= 11 is 0. The third kappa shape index (κ3) is 3.30. The molecule has 25 heavy (non-hydrogen) atoms. The van der Waals surface area contributed by atoms with Crippen LogP contribution in [0.1, 0.15) is 23.8 Å². The maximum atomic E-state index is 12.4. The first kappa shape index (κ1) is 15.6. The molecule has 0 aliphatic carbocycles. The van der Waals surface area contributed by atoms with Crippen LogP contribution in [0.4, 0.5) is 0 Å². The van der Waals surface area contributed by atoms with Gasteiger partial charge in [0.2, 0.25) is 5.91 Å². The predicted octanol–water partition coefficient (Wildman–Crippen LogP) is 1.08. The van der Waals surface area contributed by atoms with Gasteiger partial charge in [0.15, 0.2) is 5.82 Å². The molecule has 1 fully saturated rings. The van der Waals surface area contributed by atoms with Crippen LogP contribution in [-0.2, 0) is 11.3 Å². The maximum absolute atomic E-state index is 12.4. The second-order valence-electron chi connectivity index (χ2n) is 5.80. The van der Waals surface area contributed by atoms with E-state index in [9.17, 15) is 4.79 Å². The van der Waals surface area contributed by atoms with Crippen molar-refractivity contribution in [3.63, 3.8) is 0 Å². The molecule has 3 aromatic heterocycles. The van der Waals surface area contributed by atoms with Crippen molar-refractivity contribution in [3.8, 4) is 5.82 Å². The van der Waals surface area contributed by atoms with Crippen molar-refractivity contribution < 1.29 is 9.21 Å². The third-order valence-electron chi connectivity index (χ3n) is 4.15. The Labute approximate surface area is 144 Å². The van der Waals surface area contributed by atoms with Crippen LogP contribution in [-0.4, -0.2) is 26.7 Å². The molecule has 2 unspecified atom stereocenters. The lowest BCUT2D eigenvalue weighted by Gasteiger charge is -2.12. The van der Waals surface area contributed by atoms with Crippen molar-refractivity contribution in [1.82, 2.24) is 30.9 Å². The largest absolute Gasteiger partial charge is 0.468 e. The van der Waals surface area contributed by atoms with Gasteiger partial charge in [-0.05, 0) is 30.7 Å². The topological polar surface area (TPSA) is 97.0 Å². The number of hydrogen-bond acceptors (Lipinski definition) is 6. The van der Waals surface area contributed by atoms with Gasteiger partial charge in [0.1, 0.15) is 11.8 Å². The minimum Gasteiger partial charge on any atom is -0.468 e. The summed E-state index contributed by atoms with van der Waals surface area (Å²) < 4.78 is 7.06. The SMILES string of the molecule is O=C(NCc1cccnc1-n1cccn1)C1CC(c2ccco2)NN1. The van der Waals surface area contributed by atoms with Gasteiger partial charge in [0.05, 0.1) is 12.3 Å². The number of furan rings is 1. The fraction of sp³-hybridized carbons (Fsp3) is 0.235. The van der Waals surface area contributed by atoms with Gasteiger partial charge in [-0.1, -0.05) is 6.07 Å². The van der Waals surface area contributed by atoms with Crippen LogP contribution in [0.2, 0.25) is 0 Å². The monoisotopic (exact) mass is 338 g/mol. The van der Waals surface area contributed by atoms with Gasteiger partial charge >= 0.3 is 0 Å². The van der Waals surface area contributed by atoms with E-state index in [-0.39, 0.29) is 18.0 Å². The van der Waals surface area contributed by atoms with E-state index < -0.39 is 0 Å². The molecule has 0 spiro atoms. The van der Waals surface area contributed by atoms with Crippen LogP contribution in [0.3, 0.4) is 0 Å². The van der Waals surface area contributed by atoms with E-state index in [1.165, 1.54) is 0 Å². The first-order valence-corrected chi connectivity index (χ1v) is 8.07. The van der Waals surface area contributed by atoms with Gasteiger partial charge < -0.3 is 9.73 Å². The van der Waals surface area contributed by atoms with Crippen molar-refractivity contribution in [2.45, 2.75) is 25.0 Å². The highest BCUT2D eigenvalue weighted by molar-refractivity contribution is 5.82. The summed E-state index contributed by atoms with van der Waals surface area (Å²) in [5.41, 5.74) is 7.01. The summed E-state index contributed by atoms with van der Waals surface area (Å²) in [6, 6.07) is 9.01. The number of pyridine rings is 1. The van der Waals surface area contributed by atoms with Crippen LogP contribution < -0.4 is 16.2 Å². The molecular formula is C17H18N6O2. The average molecular weight is 338 g/mol. The zero-order valence-corrected chi connectivity index (χ0v) is 13.4. The van der Waals surface area contributed by atoms with E-state index in [1.807, 2.05) is 36.5 Å². The molecular weight excluding hydrogens is 320 g/mol. The molecule has 2 atom stereocenters. The maximum Gasteiger partial charge on any atom is 0.238 e. The molecule has 1 saturated heterocycles.